The SMILES string of the molecule is C=Cc1ccccc1C(=C)NC(=O)Cl.CC. The third kappa shape index (κ3) is 4.32. The van der Waals surface area contributed by atoms with Crippen molar-refractivity contribution in [2.75, 3.05) is 0 Å². The van der Waals surface area contributed by atoms with Crippen molar-refractivity contribution in [3.63, 3.8) is 0 Å². The lowest BCUT2D eigenvalue weighted by Gasteiger charge is -2.08. The molecule has 0 fully saturated rings. The fraction of sp³-hybridized carbons (Fsp3) is 0.154. The summed E-state index contributed by atoms with van der Waals surface area (Å²) in [7, 11) is 0. The van der Waals surface area contributed by atoms with Crippen LogP contribution in [-0.4, -0.2) is 5.37 Å². The maximum atomic E-state index is 10.6. The third-order valence-electron chi connectivity index (χ3n) is 1.75. The third-order valence-corrected chi connectivity index (χ3v) is 1.85. The number of nitrogens with one attached hydrogen (secondary N) is 1. The van der Waals surface area contributed by atoms with Gasteiger partial charge in [-0.05, 0) is 17.2 Å². The molecule has 0 heterocycles. The number of carbonyl (C=O) groups excluding carboxylic acids is 1. The summed E-state index contributed by atoms with van der Waals surface area (Å²) in [6, 6.07) is 7.46. The molecule has 0 atom stereocenters. The van der Waals surface area contributed by atoms with Gasteiger partial charge in [0.15, 0.2) is 0 Å². The Labute approximate surface area is 102 Å². The Morgan fingerprint density at radius 2 is 1.94 bits per heavy atom. The van der Waals surface area contributed by atoms with Crippen LogP contribution in [0.4, 0.5) is 4.79 Å². The monoisotopic (exact) mass is 237 g/mol. The molecule has 1 rings (SSSR count). The molecule has 0 spiro atoms. The van der Waals surface area contributed by atoms with Gasteiger partial charge in [0.1, 0.15) is 0 Å². The first kappa shape index (κ1) is 14.5. The van der Waals surface area contributed by atoms with Crippen LogP contribution in [0.5, 0.6) is 0 Å². The number of carbonyl (C=O) groups is 1. The van der Waals surface area contributed by atoms with E-state index in [-0.39, 0.29) is 0 Å². The standard InChI is InChI=1S/C11H10ClNO.C2H6/c1-3-9-6-4-5-7-10(9)8(2)13-11(12)14;1-2/h3-7H,1-2H2,(H,13,14);1-2H3. The largest absolute Gasteiger partial charge is 0.318 e. The van der Waals surface area contributed by atoms with E-state index in [4.69, 9.17) is 11.6 Å². The zero-order valence-electron chi connectivity index (χ0n) is 9.59. The van der Waals surface area contributed by atoms with Crippen molar-refractivity contribution in [2.24, 2.45) is 0 Å². The normalized spacial score (nSPS) is 8.44. The Morgan fingerprint density at radius 1 is 1.38 bits per heavy atom. The van der Waals surface area contributed by atoms with Crippen LogP contribution in [0, 0.1) is 0 Å². The molecule has 0 aromatic heterocycles. The maximum absolute atomic E-state index is 10.6. The van der Waals surface area contributed by atoms with Gasteiger partial charge in [0.25, 0.3) is 0 Å². The van der Waals surface area contributed by atoms with Gasteiger partial charge in [-0.15, -0.1) is 0 Å². The highest BCUT2D eigenvalue weighted by Crippen LogP contribution is 2.16. The fourth-order valence-corrected chi connectivity index (χ4v) is 1.25. The molecule has 1 aromatic carbocycles. The average Bonchev–Trinajstić information content (AvgIpc) is 2.30. The summed E-state index contributed by atoms with van der Waals surface area (Å²) in [5, 5.41) is 1.77. The number of benzene rings is 1. The van der Waals surface area contributed by atoms with Crippen LogP contribution < -0.4 is 5.32 Å². The van der Waals surface area contributed by atoms with Crippen LogP contribution >= 0.6 is 11.6 Å². The second-order valence-electron chi connectivity index (χ2n) is 2.67. The molecule has 0 aliphatic rings. The smallest absolute Gasteiger partial charge is 0.312 e. The lowest BCUT2D eigenvalue weighted by Crippen LogP contribution is -2.14. The highest BCUT2D eigenvalue weighted by molar-refractivity contribution is 6.63. The predicted molar refractivity (Wildman–Crippen MR) is 71.3 cm³/mol. The van der Waals surface area contributed by atoms with Crippen LogP contribution in [0.1, 0.15) is 25.0 Å². The highest BCUT2D eigenvalue weighted by atomic mass is 35.5. The van der Waals surface area contributed by atoms with E-state index in [1.165, 1.54) is 0 Å². The van der Waals surface area contributed by atoms with Crippen molar-refractivity contribution in [1.29, 1.82) is 0 Å². The van der Waals surface area contributed by atoms with Crippen LogP contribution in [0.3, 0.4) is 0 Å². The van der Waals surface area contributed by atoms with Crippen molar-refractivity contribution in [1.82, 2.24) is 5.32 Å². The van der Waals surface area contributed by atoms with E-state index in [0.29, 0.717) is 5.70 Å². The molecule has 0 unspecified atom stereocenters. The lowest BCUT2D eigenvalue weighted by molar-refractivity contribution is 0.263. The highest BCUT2D eigenvalue weighted by Gasteiger charge is 2.04. The summed E-state index contributed by atoms with van der Waals surface area (Å²) in [5.74, 6) is 0. The van der Waals surface area contributed by atoms with E-state index in [2.05, 4.69) is 18.5 Å². The van der Waals surface area contributed by atoms with Crippen LogP contribution in [0.25, 0.3) is 11.8 Å². The lowest BCUT2D eigenvalue weighted by atomic mass is 10.1. The molecule has 3 heteroatoms. The zero-order valence-corrected chi connectivity index (χ0v) is 10.3. The molecule has 86 valence electrons. The number of hydrogen-bond donors (Lipinski definition) is 1. The first-order valence-electron chi connectivity index (χ1n) is 5.02. The van der Waals surface area contributed by atoms with Gasteiger partial charge >= 0.3 is 5.37 Å². The van der Waals surface area contributed by atoms with Crippen molar-refractivity contribution >= 4 is 28.7 Å². The molecule has 16 heavy (non-hydrogen) atoms. The molecular formula is C13H16ClNO. The van der Waals surface area contributed by atoms with Crippen LogP contribution in [0.15, 0.2) is 37.4 Å². The molecular weight excluding hydrogens is 222 g/mol. The minimum Gasteiger partial charge on any atom is -0.312 e. The van der Waals surface area contributed by atoms with Gasteiger partial charge < -0.3 is 5.32 Å². The predicted octanol–water partition coefficient (Wildman–Crippen LogP) is 4.27. The van der Waals surface area contributed by atoms with E-state index < -0.39 is 5.37 Å². The molecule has 0 saturated heterocycles. The van der Waals surface area contributed by atoms with E-state index >= 15 is 0 Å². The molecule has 0 bridgehead atoms. The molecule has 0 aliphatic carbocycles. The summed E-state index contributed by atoms with van der Waals surface area (Å²) in [4.78, 5) is 10.6. The Bertz CT molecular complexity index is 385. The average molecular weight is 238 g/mol. The van der Waals surface area contributed by atoms with Crippen molar-refractivity contribution in [3.05, 3.63) is 48.6 Å². The summed E-state index contributed by atoms with van der Waals surface area (Å²) in [6.07, 6.45) is 1.70. The van der Waals surface area contributed by atoms with Crippen LogP contribution in [0.2, 0.25) is 0 Å². The minimum absolute atomic E-state index is 0.473. The molecule has 1 N–H and O–H groups in total. The number of amides is 1. The first-order valence-corrected chi connectivity index (χ1v) is 5.40. The Hall–Kier alpha value is -1.54. The topological polar surface area (TPSA) is 29.1 Å². The van der Waals surface area contributed by atoms with Gasteiger partial charge in [0, 0.05) is 11.3 Å². The molecule has 2 nitrogen and oxygen atoms in total. The molecule has 0 radical (unpaired) electrons. The van der Waals surface area contributed by atoms with Gasteiger partial charge in [-0.25, -0.2) is 0 Å². The van der Waals surface area contributed by atoms with Gasteiger partial charge in [0.05, 0.1) is 0 Å². The maximum Gasteiger partial charge on any atom is 0.318 e. The van der Waals surface area contributed by atoms with Crippen molar-refractivity contribution < 1.29 is 4.79 Å². The number of rotatable bonds is 3. The van der Waals surface area contributed by atoms with E-state index in [0.717, 1.165) is 11.1 Å². The zero-order chi connectivity index (χ0) is 12.6. The van der Waals surface area contributed by atoms with Gasteiger partial charge in [-0.1, -0.05) is 57.3 Å². The number of halogens is 1. The Kier molecular flexibility index (Phi) is 6.97. The van der Waals surface area contributed by atoms with Gasteiger partial charge in [0.2, 0.25) is 0 Å². The minimum atomic E-state index is -0.645. The van der Waals surface area contributed by atoms with E-state index in [9.17, 15) is 4.79 Å². The molecule has 1 aromatic rings. The summed E-state index contributed by atoms with van der Waals surface area (Å²) >= 11 is 5.18. The van der Waals surface area contributed by atoms with E-state index in [1.807, 2.05) is 38.1 Å². The summed E-state index contributed by atoms with van der Waals surface area (Å²) in [5.41, 5.74) is 2.19. The second-order valence-corrected chi connectivity index (χ2v) is 3.01. The number of hydrogen-bond acceptors (Lipinski definition) is 1. The molecule has 0 aliphatic heterocycles. The molecule has 0 saturated carbocycles. The molecule has 1 amide bonds. The van der Waals surface area contributed by atoms with E-state index in [1.54, 1.807) is 6.08 Å². The van der Waals surface area contributed by atoms with Crippen molar-refractivity contribution in [3.8, 4) is 0 Å². The second kappa shape index (κ2) is 7.71. The summed E-state index contributed by atoms with van der Waals surface area (Å²) < 4.78 is 0. The van der Waals surface area contributed by atoms with Gasteiger partial charge in [-0.3, -0.25) is 4.79 Å². The van der Waals surface area contributed by atoms with Gasteiger partial charge in [-0.2, -0.15) is 0 Å². The quantitative estimate of drug-likeness (QED) is 0.617. The van der Waals surface area contributed by atoms with Crippen molar-refractivity contribution in [2.45, 2.75) is 13.8 Å². The fourth-order valence-electron chi connectivity index (χ4n) is 1.14. The Balaban J connectivity index is 0.00000106. The first-order chi connectivity index (χ1) is 7.65. The summed E-state index contributed by atoms with van der Waals surface area (Å²) in [6.45, 7) is 11.4. The van der Waals surface area contributed by atoms with Crippen LogP contribution in [-0.2, 0) is 0 Å². The Morgan fingerprint density at radius 3 is 2.44 bits per heavy atom.